The van der Waals surface area contributed by atoms with Crippen molar-refractivity contribution in [3.8, 4) is 11.8 Å². The zero-order valence-corrected chi connectivity index (χ0v) is 16.7. The van der Waals surface area contributed by atoms with Crippen LogP contribution in [0.2, 0.25) is 0 Å². The largest absolute Gasteiger partial charge is 0.481 e. The van der Waals surface area contributed by atoms with E-state index in [9.17, 15) is 15.0 Å². The highest BCUT2D eigenvalue weighted by molar-refractivity contribution is 5.66. The maximum absolute atomic E-state index is 10.8. The van der Waals surface area contributed by atoms with Crippen LogP contribution in [-0.2, 0) is 4.79 Å². The average molecular weight is 375 g/mol. The summed E-state index contributed by atoms with van der Waals surface area (Å²) < 4.78 is 0. The highest BCUT2D eigenvalue weighted by atomic mass is 16.4. The zero-order chi connectivity index (χ0) is 19.6. The second-order valence-corrected chi connectivity index (χ2v) is 9.09. The third-order valence-corrected chi connectivity index (χ3v) is 7.40. The number of carboxylic acids is 1. The average Bonchev–Trinajstić information content (AvgIpc) is 2.65. The molecule has 3 fully saturated rings. The van der Waals surface area contributed by atoms with E-state index in [-0.39, 0.29) is 29.6 Å². The van der Waals surface area contributed by atoms with Crippen LogP contribution >= 0.6 is 0 Å². The molecular weight excluding hydrogens is 340 g/mol. The van der Waals surface area contributed by atoms with Gasteiger partial charge in [0.15, 0.2) is 0 Å². The number of fused-ring (bicyclic) bond motifs is 1. The van der Waals surface area contributed by atoms with Crippen LogP contribution < -0.4 is 0 Å². The fraction of sp³-hybridized carbons (Fsp3) is 0.783. The summed E-state index contributed by atoms with van der Waals surface area (Å²) in [6.45, 7) is 4.41. The van der Waals surface area contributed by atoms with Gasteiger partial charge in [-0.3, -0.25) is 4.79 Å². The molecule has 150 valence electrons. The summed E-state index contributed by atoms with van der Waals surface area (Å²) in [5, 5.41) is 30.0. The zero-order valence-electron chi connectivity index (χ0n) is 16.7. The lowest BCUT2D eigenvalue weighted by molar-refractivity contribution is -0.136. The molecular formula is C23H34O4. The molecule has 0 aromatic heterocycles. The van der Waals surface area contributed by atoms with Gasteiger partial charge in [-0.25, -0.2) is 0 Å². The van der Waals surface area contributed by atoms with Gasteiger partial charge in [-0.2, -0.15) is 0 Å². The van der Waals surface area contributed by atoms with Crippen molar-refractivity contribution in [3.63, 3.8) is 0 Å². The van der Waals surface area contributed by atoms with Gasteiger partial charge in [0.2, 0.25) is 0 Å². The van der Waals surface area contributed by atoms with E-state index < -0.39 is 18.2 Å². The third kappa shape index (κ3) is 4.10. The Bertz CT molecular complexity index is 636. The number of hydrogen-bond donors (Lipinski definition) is 3. The quantitative estimate of drug-likeness (QED) is 0.517. The summed E-state index contributed by atoms with van der Waals surface area (Å²) in [5.41, 5.74) is 1.34. The smallest absolute Gasteiger partial charge is 0.303 e. The molecule has 3 rings (SSSR count). The molecule has 0 heterocycles. The van der Waals surface area contributed by atoms with E-state index in [2.05, 4.69) is 31.8 Å². The number of aliphatic hydroxyl groups excluding tert-OH is 2. The highest BCUT2D eigenvalue weighted by Gasteiger charge is 2.58. The number of allylic oxidation sites excluding steroid dienone is 2. The molecule has 3 aliphatic rings. The van der Waals surface area contributed by atoms with Gasteiger partial charge in [-0.15, -0.1) is 0 Å². The topological polar surface area (TPSA) is 77.8 Å². The standard InChI is InChI=1S/C23H34O4/c1-15-18(9-6-10-21(26)27)23(2)14-13-20(25)17(22(15)23)11-12-19(24)16-7-4-3-5-8-16/h9,15-17,19-20,22,24-25H,3-8,10,13-14H2,1-2H3,(H,26,27)/b18-9-/t15-,17+,19+,20-,22-,23-/m0/s1. The van der Waals surface area contributed by atoms with Crippen LogP contribution in [0.4, 0.5) is 0 Å². The first-order valence-corrected chi connectivity index (χ1v) is 10.6. The number of hydrogen-bond acceptors (Lipinski definition) is 3. The molecule has 0 aliphatic heterocycles. The van der Waals surface area contributed by atoms with Crippen molar-refractivity contribution < 1.29 is 20.1 Å². The molecule has 3 saturated carbocycles. The Morgan fingerprint density at radius 3 is 2.67 bits per heavy atom. The van der Waals surface area contributed by atoms with Crippen LogP contribution in [0.15, 0.2) is 11.6 Å². The minimum Gasteiger partial charge on any atom is -0.481 e. The summed E-state index contributed by atoms with van der Waals surface area (Å²) >= 11 is 0. The maximum atomic E-state index is 10.8. The number of carbonyl (C=O) groups is 1. The number of aliphatic hydroxyl groups is 2. The Kier molecular flexibility index (Phi) is 6.33. The van der Waals surface area contributed by atoms with Gasteiger partial charge in [-0.1, -0.05) is 56.6 Å². The molecule has 3 aliphatic carbocycles. The first kappa shape index (κ1) is 20.4. The second-order valence-electron chi connectivity index (χ2n) is 9.09. The van der Waals surface area contributed by atoms with Crippen molar-refractivity contribution in [1.29, 1.82) is 0 Å². The van der Waals surface area contributed by atoms with Crippen molar-refractivity contribution in [2.45, 2.75) is 83.8 Å². The molecule has 0 aromatic carbocycles. The molecule has 27 heavy (non-hydrogen) atoms. The highest BCUT2D eigenvalue weighted by Crippen LogP contribution is 2.64. The first-order chi connectivity index (χ1) is 12.8. The lowest BCUT2D eigenvalue weighted by Gasteiger charge is -2.61. The van der Waals surface area contributed by atoms with Gasteiger partial charge >= 0.3 is 5.97 Å². The van der Waals surface area contributed by atoms with Crippen LogP contribution in [0.5, 0.6) is 0 Å². The lowest BCUT2D eigenvalue weighted by atomic mass is 9.43. The van der Waals surface area contributed by atoms with Crippen LogP contribution in [0, 0.1) is 40.9 Å². The molecule has 0 bridgehead atoms. The lowest BCUT2D eigenvalue weighted by Crippen LogP contribution is -2.56. The summed E-state index contributed by atoms with van der Waals surface area (Å²) in [6, 6.07) is 0. The van der Waals surface area contributed by atoms with Crippen LogP contribution in [-0.4, -0.2) is 33.5 Å². The van der Waals surface area contributed by atoms with E-state index in [1.807, 2.05) is 0 Å². The van der Waals surface area contributed by atoms with Gasteiger partial charge in [0.25, 0.3) is 0 Å². The molecule has 0 spiro atoms. The molecule has 0 unspecified atom stereocenters. The van der Waals surface area contributed by atoms with E-state index >= 15 is 0 Å². The van der Waals surface area contributed by atoms with Crippen molar-refractivity contribution in [3.05, 3.63) is 11.6 Å². The van der Waals surface area contributed by atoms with Crippen molar-refractivity contribution in [1.82, 2.24) is 0 Å². The molecule has 0 amide bonds. The minimum absolute atomic E-state index is 0.00624. The Morgan fingerprint density at radius 1 is 1.30 bits per heavy atom. The molecule has 0 radical (unpaired) electrons. The first-order valence-electron chi connectivity index (χ1n) is 10.6. The molecule has 0 saturated heterocycles. The summed E-state index contributed by atoms with van der Waals surface area (Å²) in [6.07, 6.45) is 9.18. The molecule has 0 aromatic rings. The van der Waals surface area contributed by atoms with Crippen molar-refractivity contribution in [2.24, 2.45) is 29.1 Å². The molecule has 3 N–H and O–H groups in total. The van der Waals surface area contributed by atoms with Crippen LogP contribution in [0.1, 0.15) is 71.6 Å². The second kappa shape index (κ2) is 8.37. The Hall–Kier alpha value is -1.31. The van der Waals surface area contributed by atoms with E-state index in [1.165, 1.54) is 24.8 Å². The van der Waals surface area contributed by atoms with E-state index in [1.54, 1.807) is 0 Å². The van der Waals surface area contributed by atoms with Gasteiger partial charge in [-0.05, 0) is 55.3 Å². The SMILES string of the molecule is C[C@H]1/C(=C/CCC(=O)O)[C@]2(C)CC[C@H](O)[C@@H](C#C[C@@H](O)C3CCCCC3)[C@H]12. The predicted molar refractivity (Wildman–Crippen MR) is 105 cm³/mol. The number of rotatable bonds is 4. The van der Waals surface area contributed by atoms with E-state index in [4.69, 9.17) is 5.11 Å². The summed E-state index contributed by atoms with van der Waals surface area (Å²) in [5.74, 6) is 6.38. The van der Waals surface area contributed by atoms with E-state index in [0.717, 1.165) is 25.7 Å². The molecule has 4 nitrogen and oxygen atoms in total. The normalized spacial score (nSPS) is 39.0. The Balaban J connectivity index is 1.71. The minimum atomic E-state index is -0.764. The van der Waals surface area contributed by atoms with Gasteiger partial charge in [0, 0.05) is 6.42 Å². The van der Waals surface area contributed by atoms with Gasteiger partial charge in [0.05, 0.1) is 12.0 Å². The summed E-state index contributed by atoms with van der Waals surface area (Å²) in [4.78, 5) is 10.8. The molecule has 4 heteroatoms. The molecule has 6 atom stereocenters. The van der Waals surface area contributed by atoms with Crippen molar-refractivity contribution >= 4 is 5.97 Å². The Labute approximate surface area is 163 Å². The third-order valence-electron chi connectivity index (χ3n) is 7.40. The predicted octanol–water partition coefficient (Wildman–Crippen LogP) is 3.77. The number of aliphatic carboxylic acids is 1. The van der Waals surface area contributed by atoms with Crippen LogP contribution in [0.3, 0.4) is 0 Å². The van der Waals surface area contributed by atoms with Crippen LogP contribution in [0.25, 0.3) is 0 Å². The van der Waals surface area contributed by atoms with Gasteiger partial charge in [0.1, 0.15) is 6.10 Å². The monoisotopic (exact) mass is 374 g/mol. The van der Waals surface area contributed by atoms with Crippen molar-refractivity contribution in [2.75, 3.05) is 0 Å². The fourth-order valence-corrected chi connectivity index (χ4v) is 5.95. The fourth-order valence-electron chi connectivity index (χ4n) is 5.95. The van der Waals surface area contributed by atoms with E-state index in [0.29, 0.717) is 12.3 Å². The van der Waals surface area contributed by atoms with Gasteiger partial charge < -0.3 is 15.3 Å². The maximum Gasteiger partial charge on any atom is 0.303 e. The summed E-state index contributed by atoms with van der Waals surface area (Å²) in [7, 11) is 0. The number of carboxylic acid groups (broad SMARTS) is 1. The Morgan fingerprint density at radius 2 is 2.00 bits per heavy atom.